The number of alkyl carbamates (subject to hydrolysis) is 1. The van der Waals surface area contributed by atoms with Gasteiger partial charge in [-0.25, -0.2) is 4.79 Å². The Balaban J connectivity index is 2.57. The minimum atomic E-state index is -1.15. The number of carbonyl (C=O) groups is 4. The molecule has 2 aromatic rings. The molecule has 10 heteroatoms. The molecule has 0 fully saturated rings. The molecule has 40 heavy (non-hydrogen) atoms. The van der Waals surface area contributed by atoms with Crippen molar-refractivity contribution in [1.29, 1.82) is 0 Å². The van der Waals surface area contributed by atoms with E-state index in [-0.39, 0.29) is 25.3 Å². The molecule has 3 N–H and O–H groups in total. The van der Waals surface area contributed by atoms with Gasteiger partial charge in [0.25, 0.3) is 0 Å². The van der Waals surface area contributed by atoms with Gasteiger partial charge in [-0.2, -0.15) is 0 Å². The maximum absolute atomic E-state index is 14.2. The second-order valence-corrected chi connectivity index (χ2v) is 10.4. The number of ether oxygens (including phenoxy) is 2. The van der Waals surface area contributed by atoms with E-state index in [0.29, 0.717) is 11.1 Å². The lowest BCUT2D eigenvalue weighted by Gasteiger charge is -2.34. The molecule has 2 atom stereocenters. The third-order valence-corrected chi connectivity index (χ3v) is 5.90. The SMILES string of the molecule is C=CCN(C(=O)C(Cc1ccc(O)cc1)NC(=O)OC(C)(C)C)C(C(=O)NCC(=O)OC)c1cc(C)ccc1C. The smallest absolute Gasteiger partial charge is 0.408 e. The number of nitrogens with one attached hydrogen (secondary N) is 2. The van der Waals surface area contributed by atoms with Crippen LogP contribution in [0.4, 0.5) is 4.79 Å². The van der Waals surface area contributed by atoms with Crippen LogP contribution in [-0.4, -0.2) is 65.7 Å². The fourth-order valence-electron chi connectivity index (χ4n) is 4.01. The van der Waals surface area contributed by atoms with Gasteiger partial charge < -0.3 is 30.1 Å². The standard InChI is InChI=1S/C30H39N3O7/c1-8-15-33(26(27(36)31-18-25(35)39-7)23-16-19(2)9-10-20(23)3)28(37)24(32-29(38)40-30(4,5)6)17-21-11-13-22(34)14-12-21/h8-14,16,24,26,34H,1,15,17-18H2,2-7H3,(H,31,36)(H,32,38). The highest BCUT2D eigenvalue weighted by Crippen LogP contribution is 2.27. The van der Waals surface area contributed by atoms with Crippen LogP contribution < -0.4 is 10.6 Å². The highest BCUT2D eigenvalue weighted by Gasteiger charge is 2.36. The molecule has 0 aliphatic carbocycles. The molecule has 0 bridgehead atoms. The first-order valence-electron chi connectivity index (χ1n) is 12.9. The van der Waals surface area contributed by atoms with Gasteiger partial charge in [0.15, 0.2) is 0 Å². The number of aromatic hydroxyl groups is 1. The number of hydrogen-bond donors (Lipinski definition) is 3. The number of nitrogens with zero attached hydrogens (tertiary/aromatic N) is 1. The van der Waals surface area contributed by atoms with Crippen LogP contribution >= 0.6 is 0 Å². The number of esters is 1. The molecule has 0 spiro atoms. The molecular weight excluding hydrogens is 514 g/mol. The first-order valence-corrected chi connectivity index (χ1v) is 12.9. The Kier molecular flexibility index (Phi) is 11.3. The minimum Gasteiger partial charge on any atom is -0.508 e. The summed E-state index contributed by atoms with van der Waals surface area (Å²) in [5.41, 5.74) is 2.01. The molecule has 0 radical (unpaired) electrons. The van der Waals surface area contributed by atoms with Crippen LogP contribution in [0.5, 0.6) is 5.75 Å². The van der Waals surface area contributed by atoms with E-state index in [2.05, 4.69) is 21.9 Å². The van der Waals surface area contributed by atoms with Crippen molar-refractivity contribution in [3.8, 4) is 5.75 Å². The summed E-state index contributed by atoms with van der Waals surface area (Å²) in [6.07, 6.45) is 0.728. The van der Waals surface area contributed by atoms with E-state index in [1.54, 1.807) is 39.0 Å². The number of amides is 3. The summed E-state index contributed by atoms with van der Waals surface area (Å²) in [5, 5.41) is 14.9. The average Bonchev–Trinajstić information content (AvgIpc) is 2.88. The number of phenols is 1. The van der Waals surface area contributed by atoms with Crippen molar-refractivity contribution in [2.24, 2.45) is 0 Å². The van der Waals surface area contributed by atoms with Crippen LogP contribution in [0, 0.1) is 13.8 Å². The van der Waals surface area contributed by atoms with Gasteiger partial charge in [-0.05, 0) is 63.4 Å². The second kappa shape index (κ2) is 14.2. The molecule has 10 nitrogen and oxygen atoms in total. The van der Waals surface area contributed by atoms with Gasteiger partial charge in [0.05, 0.1) is 7.11 Å². The predicted molar refractivity (Wildman–Crippen MR) is 151 cm³/mol. The van der Waals surface area contributed by atoms with E-state index in [0.717, 1.165) is 11.1 Å². The van der Waals surface area contributed by atoms with Crippen molar-refractivity contribution in [2.45, 2.75) is 58.7 Å². The molecule has 2 unspecified atom stereocenters. The molecule has 0 aromatic heterocycles. The lowest BCUT2D eigenvalue weighted by molar-refractivity contribution is -0.144. The van der Waals surface area contributed by atoms with E-state index in [4.69, 9.17) is 4.74 Å². The van der Waals surface area contributed by atoms with E-state index < -0.39 is 41.6 Å². The van der Waals surface area contributed by atoms with E-state index in [1.165, 1.54) is 30.2 Å². The number of phenolic OH excluding ortho intramolecular Hbond substituents is 1. The number of methoxy groups -OCH3 is 1. The van der Waals surface area contributed by atoms with E-state index in [1.807, 2.05) is 26.0 Å². The fraction of sp³-hybridized carbons (Fsp3) is 0.400. The molecule has 0 saturated heterocycles. The number of hydrogen-bond acceptors (Lipinski definition) is 7. The third kappa shape index (κ3) is 9.44. The summed E-state index contributed by atoms with van der Waals surface area (Å²) in [6.45, 7) is 12.1. The van der Waals surface area contributed by atoms with Crippen LogP contribution in [0.15, 0.2) is 55.1 Å². The molecule has 0 aliphatic rings. The highest BCUT2D eigenvalue weighted by molar-refractivity contribution is 5.93. The Hall–Kier alpha value is -4.34. The zero-order valence-corrected chi connectivity index (χ0v) is 23.9. The quantitative estimate of drug-likeness (QED) is 0.286. The van der Waals surface area contributed by atoms with E-state index >= 15 is 0 Å². The minimum absolute atomic E-state index is 0.0371. The van der Waals surface area contributed by atoms with Gasteiger partial charge in [-0.1, -0.05) is 42.0 Å². The number of aryl methyl sites for hydroxylation is 2. The summed E-state index contributed by atoms with van der Waals surface area (Å²) < 4.78 is 10.1. The highest BCUT2D eigenvalue weighted by atomic mass is 16.6. The Morgan fingerprint density at radius 2 is 1.73 bits per heavy atom. The van der Waals surface area contributed by atoms with Crippen LogP contribution in [0.3, 0.4) is 0 Å². The van der Waals surface area contributed by atoms with Crippen molar-refractivity contribution >= 4 is 23.9 Å². The Morgan fingerprint density at radius 3 is 2.30 bits per heavy atom. The lowest BCUT2D eigenvalue weighted by Crippen LogP contribution is -2.54. The van der Waals surface area contributed by atoms with Crippen molar-refractivity contribution in [1.82, 2.24) is 15.5 Å². The second-order valence-electron chi connectivity index (χ2n) is 10.4. The van der Waals surface area contributed by atoms with Gasteiger partial charge >= 0.3 is 12.1 Å². The third-order valence-electron chi connectivity index (χ3n) is 5.90. The summed E-state index contributed by atoms with van der Waals surface area (Å²) in [5.74, 6) is -1.77. The van der Waals surface area contributed by atoms with Gasteiger partial charge in [-0.3, -0.25) is 14.4 Å². The van der Waals surface area contributed by atoms with Gasteiger partial charge in [-0.15, -0.1) is 6.58 Å². The maximum Gasteiger partial charge on any atom is 0.408 e. The average molecular weight is 554 g/mol. The van der Waals surface area contributed by atoms with Crippen molar-refractivity contribution in [3.63, 3.8) is 0 Å². The molecule has 2 rings (SSSR count). The number of benzene rings is 2. The summed E-state index contributed by atoms with van der Waals surface area (Å²) in [7, 11) is 1.21. The van der Waals surface area contributed by atoms with Gasteiger partial charge in [0.1, 0.15) is 30.0 Å². The van der Waals surface area contributed by atoms with Crippen molar-refractivity contribution in [3.05, 3.63) is 77.4 Å². The first kappa shape index (κ1) is 31.9. The zero-order chi connectivity index (χ0) is 30.0. The first-order chi connectivity index (χ1) is 18.7. The zero-order valence-electron chi connectivity index (χ0n) is 23.9. The van der Waals surface area contributed by atoms with Crippen molar-refractivity contribution < 1.29 is 33.8 Å². The summed E-state index contributed by atoms with van der Waals surface area (Å²) in [6, 6.07) is 9.46. The molecular formula is C30H39N3O7. The Morgan fingerprint density at radius 1 is 1.07 bits per heavy atom. The Labute approximate surface area is 235 Å². The van der Waals surface area contributed by atoms with Crippen molar-refractivity contribution in [2.75, 3.05) is 20.2 Å². The van der Waals surface area contributed by atoms with Crippen LogP contribution in [0.25, 0.3) is 0 Å². The van der Waals surface area contributed by atoms with E-state index in [9.17, 15) is 24.3 Å². The summed E-state index contributed by atoms with van der Waals surface area (Å²) in [4.78, 5) is 53.7. The molecule has 0 aliphatic heterocycles. The molecule has 3 amide bonds. The van der Waals surface area contributed by atoms with Crippen LogP contribution in [-0.2, 0) is 30.3 Å². The molecule has 0 saturated carbocycles. The number of carbonyl (C=O) groups excluding carboxylic acids is 4. The maximum atomic E-state index is 14.2. The monoisotopic (exact) mass is 553 g/mol. The van der Waals surface area contributed by atoms with Gasteiger partial charge in [0.2, 0.25) is 11.8 Å². The Bertz CT molecular complexity index is 1220. The predicted octanol–water partition coefficient (Wildman–Crippen LogP) is 3.49. The summed E-state index contributed by atoms with van der Waals surface area (Å²) >= 11 is 0. The van der Waals surface area contributed by atoms with Gasteiger partial charge in [0, 0.05) is 13.0 Å². The lowest BCUT2D eigenvalue weighted by atomic mass is 9.95. The fourth-order valence-corrected chi connectivity index (χ4v) is 4.01. The van der Waals surface area contributed by atoms with Crippen LogP contribution in [0.1, 0.15) is 49.1 Å². The normalized spacial score (nSPS) is 12.4. The molecule has 0 heterocycles. The van der Waals surface area contributed by atoms with Crippen LogP contribution in [0.2, 0.25) is 0 Å². The molecule has 216 valence electrons. The number of rotatable bonds is 11. The topological polar surface area (TPSA) is 134 Å². The molecule has 2 aromatic carbocycles. The largest absolute Gasteiger partial charge is 0.508 e.